The first-order chi connectivity index (χ1) is 7.74. The molecule has 0 radical (unpaired) electrons. The average molecular weight is 304 g/mol. The summed E-state index contributed by atoms with van der Waals surface area (Å²) in [5, 5.41) is 2.12. The predicted octanol–water partition coefficient (Wildman–Crippen LogP) is 4.74. The lowest BCUT2D eigenvalue weighted by Crippen LogP contribution is -2.22. The Morgan fingerprint density at radius 2 is 2.06 bits per heavy atom. The van der Waals surface area contributed by atoms with Gasteiger partial charge in [-0.15, -0.1) is 11.3 Å². The maximum Gasteiger partial charge on any atom is 0.0314 e. The number of nitrogens with two attached hydrogens (primary N) is 1. The van der Waals surface area contributed by atoms with Crippen LogP contribution in [0.15, 0.2) is 15.9 Å². The molecule has 0 fully saturated rings. The molecule has 0 saturated heterocycles. The summed E-state index contributed by atoms with van der Waals surface area (Å²) >= 11 is 5.35. The van der Waals surface area contributed by atoms with Crippen molar-refractivity contribution in [2.75, 3.05) is 0 Å². The van der Waals surface area contributed by atoms with Crippen molar-refractivity contribution in [1.29, 1.82) is 0 Å². The Kier molecular flexibility index (Phi) is 7.33. The molecule has 0 aromatic carbocycles. The van der Waals surface area contributed by atoms with Crippen molar-refractivity contribution in [2.45, 2.75) is 57.9 Å². The molecule has 0 aliphatic rings. The molecule has 1 aromatic heterocycles. The molecule has 1 atom stereocenters. The zero-order valence-electron chi connectivity index (χ0n) is 10.0. The van der Waals surface area contributed by atoms with Crippen LogP contribution < -0.4 is 5.73 Å². The van der Waals surface area contributed by atoms with E-state index in [-0.39, 0.29) is 0 Å². The second-order valence-corrected chi connectivity index (χ2v) is 6.21. The van der Waals surface area contributed by atoms with Gasteiger partial charge in [-0.1, -0.05) is 39.0 Å². The van der Waals surface area contributed by atoms with Gasteiger partial charge in [0.2, 0.25) is 0 Å². The SMILES string of the molecule is CCCCCCCC(N)Cc1sccc1Br. The Labute approximate surface area is 112 Å². The molecule has 1 aromatic rings. The quantitative estimate of drug-likeness (QED) is 0.690. The normalized spacial score (nSPS) is 12.9. The van der Waals surface area contributed by atoms with Gasteiger partial charge in [0.1, 0.15) is 0 Å². The van der Waals surface area contributed by atoms with Crippen molar-refractivity contribution >= 4 is 27.3 Å². The second-order valence-electron chi connectivity index (χ2n) is 4.36. The summed E-state index contributed by atoms with van der Waals surface area (Å²) in [5.74, 6) is 0. The van der Waals surface area contributed by atoms with Crippen LogP contribution in [0.25, 0.3) is 0 Å². The Morgan fingerprint density at radius 1 is 1.31 bits per heavy atom. The predicted molar refractivity (Wildman–Crippen MR) is 77.1 cm³/mol. The van der Waals surface area contributed by atoms with Gasteiger partial charge in [-0.05, 0) is 40.2 Å². The lowest BCUT2D eigenvalue weighted by atomic mass is 10.0. The van der Waals surface area contributed by atoms with Crippen LogP contribution in [-0.4, -0.2) is 6.04 Å². The lowest BCUT2D eigenvalue weighted by molar-refractivity contribution is 0.540. The van der Waals surface area contributed by atoms with Gasteiger partial charge in [0.25, 0.3) is 0 Å². The monoisotopic (exact) mass is 303 g/mol. The van der Waals surface area contributed by atoms with Gasteiger partial charge in [-0.25, -0.2) is 0 Å². The van der Waals surface area contributed by atoms with Crippen LogP contribution in [0.4, 0.5) is 0 Å². The van der Waals surface area contributed by atoms with Crippen LogP contribution in [-0.2, 0) is 6.42 Å². The van der Waals surface area contributed by atoms with E-state index < -0.39 is 0 Å². The highest BCUT2D eigenvalue weighted by atomic mass is 79.9. The first-order valence-corrected chi connectivity index (χ1v) is 7.88. The number of hydrogen-bond acceptors (Lipinski definition) is 2. The van der Waals surface area contributed by atoms with Gasteiger partial charge >= 0.3 is 0 Å². The Bertz CT molecular complexity index is 285. The van der Waals surface area contributed by atoms with E-state index in [2.05, 4.69) is 34.3 Å². The maximum atomic E-state index is 6.13. The molecular weight excluding hydrogens is 282 g/mol. The highest BCUT2D eigenvalue weighted by Crippen LogP contribution is 2.24. The van der Waals surface area contributed by atoms with Gasteiger partial charge in [-0.3, -0.25) is 0 Å². The third-order valence-corrected chi connectivity index (χ3v) is 4.77. The minimum Gasteiger partial charge on any atom is -0.327 e. The minimum absolute atomic E-state index is 0.330. The molecule has 1 rings (SSSR count). The molecule has 1 heterocycles. The van der Waals surface area contributed by atoms with E-state index in [1.165, 1.54) is 41.5 Å². The fourth-order valence-corrected chi connectivity index (χ4v) is 3.43. The van der Waals surface area contributed by atoms with Gasteiger partial charge in [0.05, 0.1) is 0 Å². The summed E-state index contributed by atoms with van der Waals surface area (Å²) in [6.45, 7) is 2.25. The van der Waals surface area contributed by atoms with Crippen molar-refractivity contribution in [2.24, 2.45) is 5.73 Å². The van der Waals surface area contributed by atoms with Crippen molar-refractivity contribution in [3.05, 3.63) is 20.8 Å². The minimum atomic E-state index is 0.330. The summed E-state index contributed by atoms with van der Waals surface area (Å²) in [5.41, 5.74) is 6.13. The molecule has 0 aliphatic carbocycles. The fraction of sp³-hybridized carbons (Fsp3) is 0.692. The molecule has 2 N–H and O–H groups in total. The van der Waals surface area contributed by atoms with Crippen LogP contribution in [0.5, 0.6) is 0 Å². The van der Waals surface area contributed by atoms with Crippen molar-refractivity contribution in [3.63, 3.8) is 0 Å². The summed E-state index contributed by atoms with van der Waals surface area (Å²) in [4.78, 5) is 1.39. The molecule has 0 spiro atoms. The summed E-state index contributed by atoms with van der Waals surface area (Å²) in [7, 11) is 0. The third-order valence-electron chi connectivity index (χ3n) is 2.82. The standard InChI is InChI=1S/C13H22BrNS/c1-2-3-4-5-6-7-11(15)10-13-12(14)8-9-16-13/h8-9,11H,2-7,10,15H2,1H3. The molecule has 92 valence electrons. The third kappa shape index (κ3) is 5.46. The summed E-state index contributed by atoms with van der Waals surface area (Å²) in [6.07, 6.45) is 8.85. The van der Waals surface area contributed by atoms with Crippen LogP contribution in [0.2, 0.25) is 0 Å². The molecule has 1 nitrogen and oxygen atoms in total. The summed E-state index contributed by atoms with van der Waals surface area (Å²) in [6, 6.07) is 2.44. The maximum absolute atomic E-state index is 6.13. The molecule has 0 saturated carbocycles. The van der Waals surface area contributed by atoms with Gasteiger partial charge in [0, 0.05) is 15.4 Å². The van der Waals surface area contributed by atoms with Crippen LogP contribution in [0, 0.1) is 0 Å². The zero-order chi connectivity index (χ0) is 11.8. The van der Waals surface area contributed by atoms with Crippen molar-refractivity contribution in [3.8, 4) is 0 Å². The number of thiophene rings is 1. The number of rotatable bonds is 8. The largest absolute Gasteiger partial charge is 0.327 e. The first-order valence-electron chi connectivity index (χ1n) is 6.21. The van der Waals surface area contributed by atoms with Crippen LogP contribution in [0.1, 0.15) is 50.3 Å². The number of halogens is 1. The van der Waals surface area contributed by atoms with Gasteiger partial charge in [0.15, 0.2) is 0 Å². The fourth-order valence-electron chi connectivity index (χ4n) is 1.82. The second kappa shape index (κ2) is 8.26. The molecule has 0 amide bonds. The number of unbranched alkanes of at least 4 members (excludes halogenated alkanes) is 4. The Hall–Kier alpha value is 0.140. The molecule has 0 bridgehead atoms. The molecule has 3 heteroatoms. The topological polar surface area (TPSA) is 26.0 Å². The summed E-state index contributed by atoms with van der Waals surface area (Å²) < 4.78 is 1.22. The molecule has 0 aliphatic heterocycles. The molecule has 16 heavy (non-hydrogen) atoms. The highest BCUT2D eigenvalue weighted by molar-refractivity contribution is 9.10. The lowest BCUT2D eigenvalue weighted by Gasteiger charge is -2.10. The van der Waals surface area contributed by atoms with Crippen LogP contribution >= 0.6 is 27.3 Å². The van der Waals surface area contributed by atoms with E-state index in [1.807, 2.05) is 0 Å². The van der Waals surface area contributed by atoms with E-state index in [0.717, 1.165) is 12.8 Å². The van der Waals surface area contributed by atoms with E-state index in [4.69, 9.17) is 5.73 Å². The van der Waals surface area contributed by atoms with Crippen LogP contribution in [0.3, 0.4) is 0 Å². The smallest absolute Gasteiger partial charge is 0.0314 e. The van der Waals surface area contributed by atoms with Crippen molar-refractivity contribution in [1.82, 2.24) is 0 Å². The Balaban J connectivity index is 2.11. The molecule has 1 unspecified atom stereocenters. The van der Waals surface area contributed by atoms with E-state index in [9.17, 15) is 0 Å². The Morgan fingerprint density at radius 3 is 2.69 bits per heavy atom. The zero-order valence-corrected chi connectivity index (χ0v) is 12.4. The highest BCUT2D eigenvalue weighted by Gasteiger charge is 2.07. The van der Waals surface area contributed by atoms with E-state index in [0.29, 0.717) is 6.04 Å². The average Bonchev–Trinajstić information content (AvgIpc) is 2.64. The number of hydrogen-bond donors (Lipinski definition) is 1. The first kappa shape index (κ1) is 14.2. The van der Waals surface area contributed by atoms with Gasteiger partial charge < -0.3 is 5.73 Å². The van der Waals surface area contributed by atoms with E-state index in [1.54, 1.807) is 11.3 Å². The van der Waals surface area contributed by atoms with E-state index >= 15 is 0 Å². The van der Waals surface area contributed by atoms with Gasteiger partial charge in [-0.2, -0.15) is 0 Å². The van der Waals surface area contributed by atoms with Crippen molar-refractivity contribution < 1.29 is 0 Å². The molecular formula is C13H22BrNS.